The molecule has 0 amide bonds. The molecule has 0 aliphatic carbocycles. The number of rotatable bonds is 3. The van der Waals surface area contributed by atoms with Gasteiger partial charge < -0.3 is 4.98 Å². The Morgan fingerprint density at radius 2 is 2.50 bits per heavy atom. The molecule has 0 bridgehead atoms. The van der Waals surface area contributed by atoms with Crippen molar-refractivity contribution in [1.29, 1.82) is 0 Å². The Kier molecular flexibility index (Phi) is 3.41. The zero-order valence-corrected chi connectivity index (χ0v) is 11.8. The molecule has 0 radical (unpaired) electrons. The van der Waals surface area contributed by atoms with Gasteiger partial charge in [-0.15, -0.1) is 11.3 Å². The van der Waals surface area contributed by atoms with Crippen LogP contribution in [0.4, 0.5) is 0 Å². The Morgan fingerprint density at radius 1 is 1.61 bits per heavy atom. The number of H-pyrrole nitrogens is 1. The van der Waals surface area contributed by atoms with Gasteiger partial charge in [-0.05, 0) is 30.7 Å². The van der Waals surface area contributed by atoms with Crippen molar-refractivity contribution in [3.63, 3.8) is 0 Å². The van der Waals surface area contributed by atoms with Gasteiger partial charge in [0.25, 0.3) is 5.56 Å². The first-order valence-electron chi connectivity index (χ1n) is 5.98. The lowest BCUT2D eigenvalue weighted by Gasteiger charge is -2.22. The number of hydrogen-bond donors (Lipinski definition) is 1. The second kappa shape index (κ2) is 5.03. The third kappa shape index (κ3) is 2.32. The van der Waals surface area contributed by atoms with Gasteiger partial charge in [-0.1, -0.05) is 0 Å². The summed E-state index contributed by atoms with van der Waals surface area (Å²) in [6, 6.07) is 2.52. The molecule has 1 atom stereocenters. The van der Waals surface area contributed by atoms with E-state index in [1.165, 1.54) is 29.3 Å². The molecule has 18 heavy (non-hydrogen) atoms. The number of aromatic amines is 1. The summed E-state index contributed by atoms with van der Waals surface area (Å²) < 4.78 is 0.720. The molecular weight excluding hydrogens is 266 g/mol. The molecule has 1 N–H and O–H groups in total. The van der Waals surface area contributed by atoms with Crippen molar-refractivity contribution >= 4 is 33.3 Å². The zero-order valence-electron chi connectivity index (χ0n) is 10.2. The fourth-order valence-electron chi connectivity index (χ4n) is 2.23. The molecule has 1 fully saturated rings. The number of nitrogens with one attached hydrogen (secondary N) is 1. The van der Waals surface area contributed by atoms with E-state index in [-0.39, 0.29) is 5.56 Å². The van der Waals surface area contributed by atoms with Crippen LogP contribution in [0.25, 0.3) is 10.2 Å². The Labute approximate surface area is 113 Å². The van der Waals surface area contributed by atoms with Gasteiger partial charge in [0.2, 0.25) is 0 Å². The molecule has 0 aromatic carbocycles. The van der Waals surface area contributed by atoms with E-state index >= 15 is 0 Å². The summed E-state index contributed by atoms with van der Waals surface area (Å²) in [6.07, 6.45) is 1.23. The first-order valence-corrected chi connectivity index (χ1v) is 8.02. The summed E-state index contributed by atoms with van der Waals surface area (Å²) in [6.45, 7) is 0.715. The minimum absolute atomic E-state index is 0.0146. The van der Waals surface area contributed by atoms with Gasteiger partial charge in [-0.3, -0.25) is 9.69 Å². The van der Waals surface area contributed by atoms with E-state index < -0.39 is 0 Å². The normalized spacial score (nSPS) is 20.0. The SMILES string of the molecule is CN(Cc1nc2ccsc2c(=O)[nH]1)C1CCSC1. The monoisotopic (exact) mass is 281 g/mol. The van der Waals surface area contributed by atoms with Gasteiger partial charge in [-0.2, -0.15) is 11.8 Å². The number of hydrogen-bond acceptors (Lipinski definition) is 5. The highest BCUT2D eigenvalue weighted by atomic mass is 32.2. The quantitative estimate of drug-likeness (QED) is 0.934. The highest BCUT2D eigenvalue weighted by Gasteiger charge is 2.20. The molecule has 1 unspecified atom stereocenters. The van der Waals surface area contributed by atoms with Gasteiger partial charge in [0.05, 0.1) is 12.1 Å². The summed E-state index contributed by atoms with van der Waals surface area (Å²) in [5.74, 6) is 3.19. The minimum Gasteiger partial charge on any atom is -0.308 e. The first kappa shape index (κ1) is 12.2. The van der Waals surface area contributed by atoms with Crippen LogP contribution in [0.15, 0.2) is 16.2 Å². The van der Waals surface area contributed by atoms with Gasteiger partial charge in [-0.25, -0.2) is 4.98 Å². The van der Waals surface area contributed by atoms with Crippen LogP contribution in [0.1, 0.15) is 12.2 Å². The third-order valence-electron chi connectivity index (χ3n) is 3.29. The molecule has 3 rings (SSSR count). The van der Waals surface area contributed by atoms with E-state index in [0.29, 0.717) is 12.6 Å². The van der Waals surface area contributed by atoms with E-state index in [9.17, 15) is 4.79 Å². The predicted octanol–water partition coefficient (Wildman–Crippen LogP) is 1.92. The van der Waals surface area contributed by atoms with Crippen LogP contribution in [-0.2, 0) is 6.54 Å². The van der Waals surface area contributed by atoms with Crippen LogP contribution in [-0.4, -0.2) is 39.5 Å². The molecule has 1 aliphatic rings. The topological polar surface area (TPSA) is 49.0 Å². The fraction of sp³-hybridized carbons (Fsp3) is 0.500. The Hall–Kier alpha value is -0.850. The average Bonchev–Trinajstić information content (AvgIpc) is 2.99. The van der Waals surface area contributed by atoms with E-state index in [1.807, 2.05) is 23.2 Å². The molecule has 1 aliphatic heterocycles. The number of thioether (sulfide) groups is 1. The molecule has 96 valence electrons. The zero-order chi connectivity index (χ0) is 12.5. The molecular formula is C12H15N3OS2. The summed E-state index contributed by atoms with van der Waals surface area (Å²) >= 11 is 3.44. The molecule has 2 aromatic heterocycles. The Bertz CT molecular complexity index is 601. The fourth-order valence-corrected chi connectivity index (χ4v) is 4.26. The summed E-state index contributed by atoms with van der Waals surface area (Å²) in [7, 11) is 2.11. The summed E-state index contributed by atoms with van der Waals surface area (Å²) in [5.41, 5.74) is 0.798. The predicted molar refractivity (Wildman–Crippen MR) is 77.4 cm³/mol. The van der Waals surface area contributed by atoms with Crippen molar-refractivity contribution in [3.8, 4) is 0 Å². The Morgan fingerprint density at radius 3 is 3.28 bits per heavy atom. The second-order valence-electron chi connectivity index (χ2n) is 4.58. The molecule has 2 aromatic rings. The van der Waals surface area contributed by atoms with E-state index in [0.717, 1.165) is 16.0 Å². The minimum atomic E-state index is -0.0146. The van der Waals surface area contributed by atoms with E-state index in [4.69, 9.17) is 0 Å². The highest BCUT2D eigenvalue weighted by Crippen LogP contribution is 2.22. The maximum Gasteiger partial charge on any atom is 0.268 e. The maximum absolute atomic E-state index is 11.9. The van der Waals surface area contributed by atoms with Crippen molar-refractivity contribution in [2.45, 2.75) is 19.0 Å². The molecule has 0 spiro atoms. The largest absolute Gasteiger partial charge is 0.308 e. The molecule has 4 nitrogen and oxygen atoms in total. The number of thiophene rings is 1. The van der Waals surface area contributed by atoms with Gasteiger partial charge in [0, 0.05) is 11.8 Å². The summed E-state index contributed by atoms with van der Waals surface area (Å²) in [4.78, 5) is 21.5. The van der Waals surface area contributed by atoms with Crippen molar-refractivity contribution in [2.75, 3.05) is 18.6 Å². The third-order valence-corrected chi connectivity index (χ3v) is 5.34. The lowest BCUT2D eigenvalue weighted by molar-refractivity contribution is 0.248. The summed E-state index contributed by atoms with van der Waals surface area (Å²) in [5, 5.41) is 1.91. The number of nitrogens with zero attached hydrogens (tertiary/aromatic N) is 2. The van der Waals surface area contributed by atoms with Gasteiger partial charge in [0.15, 0.2) is 0 Å². The van der Waals surface area contributed by atoms with Crippen molar-refractivity contribution < 1.29 is 0 Å². The smallest absolute Gasteiger partial charge is 0.268 e. The van der Waals surface area contributed by atoms with Crippen molar-refractivity contribution in [1.82, 2.24) is 14.9 Å². The number of fused-ring (bicyclic) bond motifs is 1. The van der Waals surface area contributed by atoms with Gasteiger partial charge in [0.1, 0.15) is 10.5 Å². The Balaban J connectivity index is 1.83. The van der Waals surface area contributed by atoms with Crippen LogP contribution >= 0.6 is 23.1 Å². The van der Waals surface area contributed by atoms with Crippen molar-refractivity contribution in [3.05, 3.63) is 27.6 Å². The molecule has 0 saturated carbocycles. The van der Waals surface area contributed by atoms with Crippen LogP contribution in [0, 0.1) is 0 Å². The van der Waals surface area contributed by atoms with Crippen LogP contribution in [0.5, 0.6) is 0 Å². The molecule has 1 saturated heterocycles. The molecule has 6 heteroatoms. The molecule has 3 heterocycles. The van der Waals surface area contributed by atoms with Crippen molar-refractivity contribution in [2.24, 2.45) is 0 Å². The lowest BCUT2D eigenvalue weighted by atomic mass is 10.2. The van der Waals surface area contributed by atoms with Crippen LogP contribution in [0.3, 0.4) is 0 Å². The van der Waals surface area contributed by atoms with E-state index in [1.54, 1.807) is 0 Å². The first-order chi connectivity index (χ1) is 8.74. The van der Waals surface area contributed by atoms with Crippen LogP contribution in [0.2, 0.25) is 0 Å². The van der Waals surface area contributed by atoms with Crippen LogP contribution < -0.4 is 5.56 Å². The maximum atomic E-state index is 11.9. The standard InChI is InChI=1S/C12H15N3OS2/c1-15(8-2-4-17-7-8)6-10-13-9-3-5-18-11(9)12(16)14-10/h3,5,8H,2,4,6-7H2,1H3,(H,13,14,16). The average molecular weight is 281 g/mol. The van der Waals surface area contributed by atoms with Gasteiger partial charge >= 0.3 is 0 Å². The lowest BCUT2D eigenvalue weighted by Crippen LogP contribution is -2.32. The van der Waals surface area contributed by atoms with E-state index in [2.05, 4.69) is 21.9 Å². The number of aromatic nitrogens is 2. The highest BCUT2D eigenvalue weighted by molar-refractivity contribution is 7.99. The second-order valence-corrected chi connectivity index (χ2v) is 6.65.